The Morgan fingerprint density at radius 2 is 1.71 bits per heavy atom. The summed E-state index contributed by atoms with van der Waals surface area (Å²) in [6, 6.07) is 25.1. The Kier molecular flexibility index (Phi) is 7.65. The minimum Gasteiger partial charge on any atom is -0.492 e. The van der Waals surface area contributed by atoms with Crippen molar-refractivity contribution in [3.05, 3.63) is 84.4 Å². The van der Waals surface area contributed by atoms with E-state index in [2.05, 4.69) is 4.98 Å². The van der Waals surface area contributed by atoms with Gasteiger partial charge in [0.05, 0.1) is 13.2 Å². The average molecular weight is 461 g/mol. The first kappa shape index (κ1) is 23.2. The molecule has 0 saturated heterocycles. The molecule has 1 aromatic heterocycles. The van der Waals surface area contributed by atoms with Crippen LogP contribution in [0.4, 0.5) is 6.01 Å². The maximum Gasteiger partial charge on any atom is 0.347 e. The van der Waals surface area contributed by atoms with Gasteiger partial charge in [0.25, 0.3) is 6.01 Å². The Bertz CT molecular complexity index is 1160. The van der Waals surface area contributed by atoms with E-state index >= 15 is 0 Å². The van der Waals surface area contributed by atoms with Crippen molar-refractivity contribution in [2.24, 2.45) is 0 Å². The highest BCUT2D eigenvalue weighted by molar-refractivity contribution is 5.75. The highest BCUT2D eigenvalue weighted by Crippen LogP contribution is 2.21. The van der Waals surface area contributed by atoms with E-state index in [4.69, 9.17) is 18.6 Å². The molecule has 0 saturated carbocycles. The van der Waals surface area contributed by atoms with Gasteiger partial charge in [-0.15, -0.1) is 0 Å². The molecule has 7 nitrogen and oxygen atoms in total. The van der Waals surface area contributed by atoms with E-state index in [-0.39, 0.29) is 5.97 Å². The van der Waals surface area contributed by atoms with E-state index in [1.54, 1.807) is 6.92 Å². The van der Waals surface area contributed by atoms with Crippen LogP contribution in [0.5, 0.6) is 11.5 Å². The largest absolute Gasteiger partial charge is 0.492 e. The first-order valence-electron chi connectivity index (χ1n) is 11.3. The zero-order chi connectivity index (χ0) is 23.8. The van der Waals surface area contributed by atoms with Crippen molar-refractivity contribution in [1.29, 1.82) is 0 Å². The Labute approximate surface area is 198 Å². The molecule has 0 aliphatic rings. The summed E-state index contributed by atoms with van der Waals surface area (Å²) in [5, 5.41) is 0. The molecule has 1 unspecified atom stereocenters. The summed E-state index contributed by atoms with van der Waals surface area (Å²) in [4.78, 5) is 18.8. The Hall–Kier alpha value is -4.00. The molecule has 0 aliphatic heterocycles. The maximum atomic E-state index is 12.4. The smallest absolute Gasteiger partial charge is 0.347 e. The van der Waals surface area contributed by atoms with Gasteiger partial charge in [-0.05, 0) is 48.9 Å². The number of likely N-dealkylation sites (N-methyl/N-ethyl adjacent to an activating group) is 1. The van der Waals surface area contributed by atoms with Gasteiger partial charge in [0, 0.05) is 13.5 Å². The number of oxazole rings is 1. The lowest BCUT2D eigenvalue weighted by atomic mass is 10.1. The summed E-state index contributed by atoms with van der Waals surface area (Å²) in [5.74, 6) is 0.990. The summed E-state index contributed by atoms with van der Waals surface area (Å²) >= 11 is 0. The molecule has 0 fully saturated rings. The molecule has 0 amide bonds. The van der Waals surface area contributed by atoms with Crippen LogP contribution in [-0.2, 0) is 16.0 Å². The van der Waals surface area contributed by atoms with Gasteiger partial charge in [0.1, 0.15) is 23.6 Å². The Balaban J connectivity index is 1.31. The first-order chi connectivity index (χ1) is 16.6. The van der Waals surface area contributed by atoms with Gasteiger partial charge in [-0.1, -0.05) is 42.5 Å². The summed E-state index contributed by atoms with van der Waals surface area (Å²) in [7, 11) is 1.92. The summed E-state index contributed by atoms with van der Waals surface area (Å²) in [6.45, 7) is 3.17. The standard InChI is InChI=1S/C27H28N2O5/c1-3-31-26(30)25(33-22-9-5-4-6-10-22)19-20-13-15-21(16-14-20)32-18-17-29(2)27-28-23-11-7-8-12-24(23)34-27/h4-16,25H,3,17-19H2,1-2H3. The highest BCUT2D eigenvalue weighted by atomic mass is 16.6. The molecular weight excluding hydrogens is 432 g/mol. The van der Waals surface area contributed by atoms with Crippen LogP contribution in [-0.4, -0.2) is 43.9 Å². The molecule has 0 N–H and O–H groups in total. The SMILES string of the molecule is CCOC(=O)C(Cc1ccc(OCCN(C)c2nc3ccccc3o2)cc1)Oc1ccccc1. The maximum absolute atomic E-state index is 12.4. The minimum atomic E-state index is -0.723. The van der Waals surface area contributed by atoms with Gasteiger partial charge in [-0.25, -0.2) is 4.79 Å². The number of fused-ring (bicyclic) bond motifs is 1. The molecule has 4 rings (SSSR count). The minimum absolute atomic E-state index is 0.304. The summed E-state index contributed by atoms with van der Waals surface area (Å²) in [5.41, 5.74) is 2.54. The number of ether oxygens (including phenoxy) is 3. The van der Waals surface area contributed by atoms with E-state index in [1.807, 2.05) is 90.8 Å². The van der Waals surface area contributed by atoms with Crippen molar-refractivity contribution in [1.82, 2.24) is 4.98 Å². The van der Waals surface area contributed by atoms with E-state index in [0.29, 0.717) is 37.9 Å². The number of aromatic nitrogens is 1. The molecule has 1 heterocycles. The van der Waals surface area contributed by atoms with Crippen molar-refractivity contribution < 1.29 is 23.4 Å². The van der Waals surface area contributed by atoms with E-state index < -0.39 is 6.10 Å². The molecule has 34 heavy (non-hydrogen) atoms. The zero-order valence-electron chi connectivity index (χ0n) is 19.3. The number of rotatable bonds is 11. The van der Waals surface area contributed by atoms with E-state index in [1.165, 1.54) is 0 Å². The first-order valence-corrected chi connectivity index (χ1v) is 11.3. The Morgan fingerprint density at radius 3 is 2.44 bits per heavy atom. The van der Waals surface area contributed by atoms with Gasteiger partial charge in [0.2, 0.25) is 0 Å². The van der Waals surface area contributed by atoms with Crippen LogP contribution >= 0.6 is 0 Å². The number of carbonyl (C=O) groups excluding carboxylic acids is 1. The number of nitrogens with zero attached hydrogens (tertiary/aromatic N) is 2. The predicted molar refractivity (Wildman–Crippen MR) is 130 cm³/mol. The van der Waals surface area contributed by atoms with Crippen LogP contribution in [0.15, 0.2) is 83.3 Å². The lowest BCUT2D eigenvalue weighted by molar-refractivity contribution is -0.151. The molecule has 1 atom stereocenters. The summed E-state index contributed by atoms with van der Waals surface area (Å²) < 4.78 is 22.7. The van der Waals surface area contributed by atoms with Crippen molar-refractivity contribution in [2.75, 3.05) is 31.7 Å². The molecule has 176 valence electrons. The van der Waals surface area contributed by atoms with E-state index in [0.717, 1.165) is 22.4 Å². The van der Waals surface area contributed by atoms with Crippen LogP contribution in [0.25, 0.3) is 11.1 Å². The molecule has 0 bridgehead atoms. The Morgan fingerprint density at radius 1 is 0.971 bits per heavy atom. The number of anilines is 1. The lowest BCUT2D eigenvalue weighted by Gasteiger charge is -2.18. The van der Waals surface area contributed by atoms with Crippen LogP contribution in [0, 0.1) is 0 Å². The van der Waals surface area contributed by atoms with Crippen molar-refractivity contribution in [2.45, 2.75) is 19.4 Å². The number of benzene rings is 3. The fraction of sp³-hybridized carbons (Fsp3) is 0.259. The molecular formula is C27H28N2O5. The molecule has 3 aromatic carbocycles. The van der Waals surface area contributed by atoms with Crippen LogP contribution < -0.4 is 14.4 Å². The predicted octanol–water partition coefficient (Wildman–Crippen LogP) is 4.90. The third-order valence-electron chi connectivity index (χ3n) is 5.22. The fourth-order valence-corrected chi connectivity index (χ4v) is 3.43. The van der Waals surface area contributed by atoms with E-state index in [9.17, 15) is 4.79 Å². The molecule has 7 heteroatoms. The average Bonchev–Trinajstić information content (AvgIpc) is 3.30. The highest BCUT2D eigenvalue weighted by Gasteiger charge is 2.22. The van der Waals surface area contributed by atoms with Crippen LogP contribution in [0.3, 0.4) is 0 Å². The van der Waals surface area contributed by atoms with Gasteiger partial charge < -0.3 is 23.5 Å². The topological polar surface area (TPSA) is 74.0 Å². The number of esters is 1. The number of hydrogen-bond donors (Lipinski definition) is 0. The van der Waals surface area contributed by atoms with Crippen molar-refractivity contribution in [3.8, 4) is 11.5 Å². The van der Waals surface area contributed by atoms with Crippen molar-refractivity contribution in [3.63, 3.8) is 0 Å². The fourth-order valence-electron chi connectivity index (χ4n) is 3.43. The van der Waals surface area contributed by atoms with Gasteiger partial charge in [-0.2, -0.15) is 4.98 Å². The second-order valence-corrected chi connectivity index (χ2v) is 7.75. The molecule has 0 spiro atoms. The molecule has 4 aromatic rings. The van der Waals surface area contributed by atoms with Gasteiger partial charge in [-0.3, -0.25) is 0 Å². The third kappa shape index (κ3) is 6.07. The number of hydrogen-bond acceptors (Lipinski definition) is 7. The van der Waals surface area contributed by atoms with Crippen molar-refractivity contribution >= 4 is 23.1 Å². The molecule has 0 radical (unpaired) electrons. The zero-order valence-corrected chi connectivity index (χ0v) is 19.3. The normalized spacial score (nSPS) is 11.7. The van der Waals surface area contributed by atoms with Gasteiger partial charge >= 0.3 is 5.97 Å². The second kappa shape index (κ2) is 11.2. The quantitative estimate of drug-likeness (QED) is 0.295. The third-order valence-corrected chi connectivity index (χ3v) is 5.22. The van der Waals surface area contributed by atoms with Crippen LogP contribution in [0.1, 0.15) is 12.5 Å². The number of para-hydroxylation sites is 3. The lowest BCUT2D eigenvalue weighted by Crippen LogP contribution is -2.31. The second-order valence-electron chi connectivity index (χ2n) is 7.75. The monoisotopic (exact) mass is 460 g/mol. The number of carbonyl (C=O) groups is 1. The van der Waals surface area contributed by atoms with Crippen LogP contribution in [0.2, 0.25) is 0 Å². The van der Waals surface area contributed by atoms with Gasteiger partial charge in [0.15, 0.2) is 11.7 Å². The molecule has 0 aliphatic carbocycles. The summed E-state index contributed by atoms with van der Waals surface area (Å²) in [6.07, 6.45) is -0.326.